The number of hydrogen-bond donors (Lipinski definition) is 0. The van der Waals surface area contributed by atoms with E-state index in [1.54, 1.807) is 12.4 Å². The topological polar surface area (TPSA) is 16.1 Å². The Hall–Kier alpha value is -1.12. The molecular weight excluding hydrogens is 179 g/mol. The van der Waals surface area contributed by atoms with Crippen LogP contribution in [0, 0.1) is 0 Å². The largest absolute Gasteiger partial charge is 0.369 e. The number of anilines is 1. The van der Waals surface area contributed by atoms with Crippen LogP contribution in [0.15, 0.2) is 24.5 Å². The third-order valence-corrected chi connectivity index (χ3v) is 2.96. The minimum atomic E-state index is -0.673. The molecule has 0 radical (unpaired) electrons. The lowest BCUT2D eigenvalue weighted by atomic mass is 10.2. The third-order valence-electron chi connectivity index (χ3n) is 2.96. The number of alkyl halides is 1. The van der Waals surface area contributed by atoms with Crippen molar-refractivity contribution in [2.75, 3.05) is 11.9 Å². The second-order valence-corrected chi connectivity index (χ2v) is 3.83. The van der Waals surface area contributed by atoms with Gasteiger partial charge >= 0.3 is 0 Å². The number of nitrogens with zero attached hydrogens (tertiary/aromatic N) is 2. The monoisotopic (exact) mass is 194 g/mol. The van der Waals surface area contributed by atoms with Crippen LogP contribution in [0.5, 0.6) is 0 Å². The van der Waals surface area contributed by atoms with E-state index in [-0.39, 0.29) is 6.04 Å². The van der Waals surface area contributed by atoms with Gasteiger partial charge in [0.05, 0.1) is 6.04 Å². The van der Waals surface area contributed by atoms with E-state index in [0.717, 1.165) is 18.5 Å². The lowest BCUT2D eigenvalue weighted by molar-refractivity contribution is 0.307. The molecule has 76 valence electrons. The Morgan fingerprint density at radius 3 is 2.64 bits per heavy atom. The van der Waals surface area contributed by atoms with Gasteiger partial charge in [0.1, 0.15) is 6.17 Å². The summed E-state index contributed by atoms with van der Waals surface area (Å²) < 4.78 is 13.5. The molecule has 1 saturated carbocycles. The van der Waals surface area contributed by atoms with E-state index in [1.807, 2.05) is 24.1 Å². The van der Waals surface area contributed by atoms with Crippen molar-refractivity contribution in [2.24, 2.45) is 0 Å². The summed E-state index contributed by atoms with van der Waals surface area (Å²) in [5, 5.41) is 0. The summed E-state index contributed by atoms with van der Waals surface area (Å²) in [6.07, 6.45) is 5.48. The molecule has 2 nitrogen and oxygen atoms in total. The molecule has 14 heavy (non-hydrogen) atoms. The van der Waals surface area contributed by atoms with Crippen molar-refractivity contribution < 1.29 is 4.39 Å². The Kier molecular flexibility index (Phi) is 2.66. The normalized spacial score (nSPS) is 26.4. The maximum atomic E-state index is 13.5. The van der Waals surface area contributed by atoms with Crippen LogP contribution >= 0.6 is 0 Å². The average Bonchev–Trinajstić information content (AvgIpc) is 2.65. The predicted molar refractivity (Wildman–Crippen MR) is 55.2 cm³/mol. The Morgan fingerprint density at radius 1 is 1.36 bits per heavy atom. The molecule has 0 amide bonds. The number of pyridine rings is 1. The minimum absolute atomic E-state index is 0.0531. The first kappa shape index (κ1) is 9.44. The van der Waals surface area contributed by atoms with Crippen LogP contribution in [-0.4, -0.2) is 24.2 Å². The standard InChI is InChI=1S/C11H15FN2/c1-14(9-5-7-13-8-6-9)11-4-2-3-10(11)12/h5-8,10-11H,2-4H2,1H3. The highest BCUT2D eigenvalue weighted by Crippen LogP contribution is 2.28. The lowest BCUT2D eigenvalue weighted by Crippen LogP contribution is -2.35. The Morgan fingerprint density at radius 2 is 2.07 bits per heavy atom. The van der Waals surface area contributed by atoms with E-state index < -0.39 is 6.17 Å². The smallest absolute Gasteiger partial charge is 0.120 e. The first-order valence-electron chi connectivity index (χ1n) is 5.06. The highest BCUT2D eigenvalue weighted by atomic mass is 19.1. The SMILES string of the molecule is CN(c1ccncc1)C1CCCC1F. The van der Waals surface area contributed by atoms with Crippen molar-refractivity contribution in [3.05, 3.63) is 24.5 Å². The van der Waals surface area contributed by atoms with Gasteiger partial charge in [0.2, 0.25) is 0 Å². The molecule has 1 aliphatic carbocycles. The van der Waals surface area contributed by atoms with Gasteiger partial charge in [0.25, 0.3) is 0 Å². The van der Waals surface area contributed by atoms with E-state index in [9.17, 15) is 4.39 Å². The maximum Gasteiger partial charge on any atom is 0.120 e. The molecule has 2 unspecified atom stereocenters. The maximum absolute atomic E-state index is 13.5. The van der Waals surface area contributed by atoms with Gasteiger partial charge in [-0.3, -0.25) is 4.98 Å². The van der Waals surface area contributed by atoms with Crippen LogP contribution in [0.1, 0.15) is 19.3 Å². The summed E-state index contributed by atoms with van der Waals surface area (Å²) in [5.41, 5.74) is 1.05. The van der Waals surface area contributed by atoms with E-state index in [2.05, 4.69) is 4.98 Å². The molecule has 1 aromatic rings. The minimum Gasteiger partial charge on any atom is -0.369 e. The number of rotatable bonds is 2. The number of hydrogen-bond acceptors (Lipinski definition) is 2. The molecule has 1 heterocycles. The van der Waals surface area contributed by atoms with Crippen molar-refractivity contribution in [3.63, 3.8) is 0 Å². The van der Waals surface area contributed by atoms with E-state index in [1.165, 1.54) is 0 Å². The Balaban J connectivity index is 2.12. The molecule has 1 aliphatic rings. The van der Waals surface area contributed by atoms with Crippen molar-refractivity contribution in [2.45, 2.75) is 31.5 Å². The second-order valence-electron chi connectivity index (χ2n) is 3.83. The molecule has 0 aromatic carbocycles. The van der Waals surface area contributed by atoms with Gasteiger partial charge in [-0.1, -0.05) is 0 Å². The van der Waals surface area contributed by atoms with Gasteiger partial charge in [-0.25, -0.2) is 4.39 Å². The van der Waals surface area contributed by atoms with Crippen LogP contribution in [0.4, 0.5) is 10.1 Å². The first-order chi connectivity index (χ1) is 6.79. The Bertz CT molecular complexity index is 289. The van der Waals surface area contributed by atoms with Crippen LogP contribution < -0.4 is 4.90 Å². The average molecular weight is 194 g/mol. The molecule has 1 fully saturated rings. The summed E-state index contributed by atoms with van der Waals surface area (Å²) in [6.45, 7) is 0. The van der Waals surface area contributed by atoms with Gasteiger partial charge < -0.3 is 4.90 Å². The molecule has 0 N–H and O–H groups in total. The quantitative estimate of drug-likeness (QED) is 0.718. The molecule has 2 rings (SSSR count). The van der Waals surface area contributed by atoms with Crippen molar-refractivity contribution in [3.8, 4) is 0 Å². The third kappa shape index (κ3) is 1.72. The fourth-order valence-electron chi connectivity index (χ4n) is 2.10. The summed E-state index contributed by atoms with van der Waals surface area (Å²) >= 11 is 0. The summed E-state index contributed by atoms with van der Waals surface area (Å²) in [6, 6.07) is 3.90. The highest BCUT2D eigenvalue weighted by molar-refractivity contribution is 5.45. The van der Waals surface area contributed by atoms with E-state index >= 15 is 0 Å². The van der Waals surface area contributed by atoms with Crippen molar-refractivity contribution >= 4 is 5.69 Å². The van der Waals surface area contributed by atoms with Crippen LogP contribution in [0.3, 0.4) is 0 Å². The molecule has 0 spiro atoms. The molecule has 3 heteroatoms. The number of aromatic nitrogens is 1. The van der Waals surface area contributed by atoms with Gasteiger partial charge in [0.15, 0.2) is 0 Å². The van der Waals surface area contributed by atoms with Gasteiger partial charge in [-0.2, -0.15) is 0 Å². The summed E-state index contributed by atoms with van der Waals surface area (Å²) in [4.78, 5) is 5.98. The summed E-state index contributed by atoms with van der Waals surface area (Å²) in [5.74, 6) is 0. The van der Waals surface area contributed by atoms with Crippen LogP contribution in [-0.2, 0) is 0 Å². The molecule has 1 aromatic heterocycles. The molecule has 2 atom stereocenters. The second kappa shape index (κ2) is 3.95. The highest BCUT2D eigenvalue weighted by Gasteiger charge is 2.30. The molecule has 0 aliphatic heterocycles. The first-order valence-corrected chi connectivity index (χ1v) is 5.06. The van der Waals surface area contributed by atoms with Crippen LogP contribution in [0.25, 0.3) is 0 Å². The zero-order valence-corrected chi connectivity index (χ0v) is 8.36. The molecule has 0 saturated heterocycles. The zero-order chi connectivity index (χ0) is 9.97. The van der Waals surface area contributed by atoms with E-state index in [4.69, 9.17) is 0 Å². The lowest BCUT2D eigenvalue weighted by Gasteiger charge is -2.27. The fraction of sp³-hybridized carbons (Fsp3) is 0.545. The van der Waals surface area contributed by atoms with Gasteiger partial charge in [0, 0.05) is 25.1 Å². The fourth-order valence-corrected chi connectivity index (χ4v) is 2.10. The van der Waals surface area contributed by atoms with Crippen molar-refractivity contribution in [1.82, 2.24) is 4.98 Å². The summed E-state index contributed by atoms with van der Waals surface area (Å²) in [7, 11) is 1.96. The zero-order valence-electron chi connectivity index (χ0n) is 8.36. The van der Waals surface area contributed by atoms with Gasteiger partial charge in [-0.05, 0) is 31.4 Å². The van der Waals surface area contributed by atoms with Crippen LogP contribution in [0.2, 0.25) is 0 Å². The molecular formula is C11H15FN2. The van der Waals surface area contributed by atoms with Gasteiger partial charge in [-0.15, -0.1) is 0 Å². The predicted octanol–water partition coefficient (Wildman–Crippen LogP) is 2.41. The Labute approximate surface area is 83.8 Å². The molecule has 0 bridgehead atoms. The van der Waals surface area contributed by atoms with E-state index in [0.29, 0.717) is 6.42 Å². The van der Waals surface area contributed by atoms with Crippen molar-refractivity contribution in [1.29, 1.82) is 0 Å². The number of halogens is 1.